The zero-order chi connectivity index (χ0) is 16.4. The third-order valence-electron chi connectivity index (χ3n) is 4.59. The molecule has 23 heavy (non-hydrogen) atoms. The molecular formula is C17H21N3O3. The van der Waals surface area contributed by atoms with Gasteiger partial charge in [0, 0.05) is 6.04 Å². The van der Waals surface area contributed by atoms with E-state index in [1.807, 2.05) is 18.2 Å². The van der Waals surface area contributed by atoms with Crippen molar-refractivity contribution >= 4 is 17.5 Å². The summed E-state index contributed by atoms with van der Waals surface area (Å²) in [6.45, 7) is -0.451. The summed E-state index contributed by atoms with van der Waals surface area (Å²) in [4.78, 5) is 25.4. The summed E-state index contributed by atoms with van der Waals surface area (Å²) in [7, 11) is 0. The van der Waals surface area contributed by atoms with E-state index in [0.717, 1.165) is 19.3 Å². The number of hydrogen-bond acceptors (Lipinski definition) is 3. The predicted octanol–water partition coefficient (Wildman–Crippen LogP) is 0.863. The highest BCUT2D eigenvalue weighted by atomic mass is 16.3. The van der Waals surface area contributed by atoms with E-state index in [2.05, 4.69) is 23.5 Å². The first-order chi connectivity index (χ1) is 11.1. The highest BCUT2D eigenvalue weighted by Crippen LogP contribution is 2.38. The quantitative estimate of drug-likeness (QED) is 0.769. The average Bonchev–Trinajstić information content (AvgIpc) is 2.82. The Morgan fingerprint density at radius 3 is 2.65 bits per heavy atom. The van der Waals surface area contributed by atoms with Crippen molar-refractivity contribution < 1.29 is 14.7 Å². The highest BCUT2D eigenvalue weighted by molar-refractivity contribution is 5.88. The molecule has 0 spiro atoms. The molecule has 2 heterocycles. The number of nitrogens with one attached hydrogen (secondary N) is 1. The van der Waals surface area contributed by atoms with Crippen LogP contribution in [0, 0.1) is 0 Å². The number of nitrogens with zero attached hydrogens (tertiary/aromatic N) is 1. The second kappa shape index (κ2) is 6.42. The Bertz CT molecular complexity index is 629. The van der Waals surface area contributed by atoms with Gasteiger partial charge in [0.05, 0.1) is 12.6 Å². The number of amides is 3. The molecule has 1 aromatic carbocycles. The fourth-order valence-corrected chi connectivity index (χ4v) is 3.58. The van der Waals surface area contributed by atoms with Crippen molar-refractivity contribution in [3.05, 3.63) is 42.0 Å². The number of primary amides is 1. The van der Waals surface area contributed by atoms with E-state index in [0.29, 0.717) is 0 Å². The molecule has 6 heteroatoms. The normalized spacial score (nSPS) is 24.0. The first-order valence-corrected chi connectivity index (χ1v) is 7.85. The molecule has 3 amide bonds. The van der Waals surface area contributed by atoms with Gasteiger partial charge in [-0.15, -0.1) is 0 Å². The monoisotopic (exact) mass is 315 g/mol. The predicted molar refractivity (Wildman–Crippen MR) is 86.3 cm³/mol. The molecule has 2 aliphatic heterocycles. The lowest BCUT2D eigenvalue weighted by molar-refractivity contribution is -0.136. The van der Waals surface area contributed by atoms with Crippen LogP contribution in [0.3, 0.4) is 0 Å². The number of nitrogens with two attached hydrogens (primary N) is 1. The minimum Gasteiger partial charge on any atom is -0.394 e. The summed E-state index contributed by atoms with van der Waals surface area (Å²) in [5, 5.41) is 11.7. The van der Waals surface area contributed by atoms with Crippen molar-refractivity contribution in [2.75, 3.05) is 6.61 Å². The molecule has 4 N–H and O–H groups in total. The van der Waals surface area contributed by atoms with Crippen molar-refractivity contribution in [1.82, 2.24) is 10.2 Å². The van der Waals surface area contributed by atoms with Crippen molar-refractivity contribution in [1.29, 1.82) is 0 Å². The van der Waals surface area contributed by atoms with Gasteiger partial charge in [0.1, 0.15) is 6.04 Å². The van der Waals surface area contributed by atoms with Gasteiger partial charge in [0.25, 0.3) is 0 Å². The zero-order valence-electron chi connectivity index (χ0n) is 12.8. The molecule has 2 bridgehead atoms. The van der Waals surface area contributed by atoms with E-state index in [1.165, 1.54) is 11.1 Å². The van der Waals surface area contributed by atoms with Crippen LogP contribution in [0.4, 0.5) is 4.79 Å². The maximum Gasteiger partial charge on any atom is 0.312 e. The van der Waals surface area contributed by atoms with E-state index < -0.39 is 18.7 Å². The number of aliphatic hydroxyl groups is 1. The van der Waals surface area contributed by atoms with E-state index in [4.69, 9.17) is 5.73 Å². The fourth-order valence-electron chi connectivity index (χ4n) is 3.58. The number of hydrogen-bond donors (Lipinski definition) is 3. The van der Waals surface area contributed by atoms with E-state index in [9.17, 15) is 14.7 Å². The van der Waals surface area contributed by atoms with Crippen LogP contribution in [0.15, 0.2) is 36.4 Å². The molecule has 6 nitrogen and oxygen atoms in total. The summed E-state index contributed by atoms with van der Waals surface area (Å²) in [5.74, 6) is -0.262. The minimum absolute atomic E-state index is 0.0141. The molecule has 122 valence electrons. The van der Waals surface area contributed by atoms with Crippen molar-refractivity contribution in [2.24, 2.45) is 5.73 Å². The zero-order valence-corrected chi connectivity index (χ0v) is 12.8. The van der Waals surface area contributed by atoms with Gasteiger partial charge in [-0.3, -0.25) is 4.79 Å². The van der Waals surface area contributed by atoms with E-state index >= 15 is 0 Å². The second-order valence-electron chi connectivity index (χ2n) is 6.05. The van der Waals surface area contributed by atoms with Gasteiger partial charge in [-0.2, -0.15) is 0 Å². The SMILES string of the molecule is NC(=O)NC(CO)C(=O)N1C2C=C(c3ccccc3)CC1CC2. The summed E-state index contributed by atoms with van der Waals surface area (Å²) >= 11 is 0. The Labute approximate surface area is 135 Å². The van der Waals surface area contributed by atoms with Crippen LogP contribution < -0.4 is 11.1 Å². The molecule has 0 aromatic heterocycles. The molecule has 1 saturated heterocycles. The number of carbonyl (C=O) groups is 2. The molecule has 3 rings (SSSR count). The van der Waals surface area contributed by atoms with Crippen LogP contribution in [0.5, 0.6) is 0 Å². The van der Waals surface area contributed by atoms with Crippen molar-refractivity contribution in [3.63, 3.8) is 0 Å². The third kappa shape index (κ3) is 3.07. The average molecular weight is 315 g/mol. The lowest BCUT2D eigenvalue weighted by Gasteiger charge is -2.36. The standard InChI is InChI=1S/C17H21N3O3/c18-17(23)19-15(10-21)16(22)20-13-6-7-14(20)9-12(8-13)11-4-2-1-3-5-11/h1-5,8,13-15,21H,6-7,9-10H2,(H3,18,19,23). The molecule has 1 fully saturated rings. The largest absolute Gasteiger partial charge is 0.394 e. The van der Waals surface area contributed by atoms with Crippen LogP contribution in [0.2, 0.25) is 0 Å². The first kappa shape index (κ1) is 15.6. The lowest BCUT2D eigenvalue weighted by Crippen LogP contribution is -2.55. The fraction of sp³-hybridized carbons (Fsp3) is 0.412. The number of aliphatic hydroxyl groups excluding tert-OH is 1. The summed E-state index contributed by atoms with van der Waals surface area (Å²) in [6.07, 6.45) is 4.76. The van der Waals surface area contributed by atoms with Gasteiger partial charge in [0.15, 0.2) is 0 Å². The topological polar surface area (TPSA) is 95.7 Å². The number of rotatable bonds is 4. The Morgan fingerprint density at radius 1 is 1.30 bits per heavy atom. The number of urea groups is 1. The molecule has 0 aliphatic carbocycles. The van der Waals surface area contributed by atoms with Crippen LogP contribution in [0.1, 0.15) is 24.8 Å². The van der Waals surface area contributed by atoms with Crippen LogP contribution in [0.25, 0.3) is 5.57 Å². The molecular weight excluding hydrogens is 294 g/mol. The van der Waals surface area contributed by atoms with E-state index in [1.54, 1.807) is 4.90 Å². The summed E-state index contributed by atoms with van der Waals surface area (Å²) < 4.78 is 0. The van der Waals surface area contributed by atoms with Crippen molar-refractivity contribution in [2.45, 2.75) is 37.4 Å². The number of fused-ring (bicyclic) bond motifs is 2. The Balaban J connectivity index is 1.80. The molecule has 2 aliphatic rings. The van der Waals surface area contributed by atoms with Gasteiger partial charge < -0.3 is 21.1 Å². The Kier molecular flexibility index (Phi) is 4.34. The first-order valence-electron chi connectivity index (χ1n) is 7.85. The van der Waals surface area contributed by atoms with Crippen LogP contribution in [-0.2, 0) is 4.79 Å². The molecule has 3 unspecified atom stereocenters. The van der Waals surface area contributed by atoms with Gasteiger partial charge in [-0.1, -0.05) is 36.4 Å². The Hall–Kier alpha value is -2.34. The smallest absolute Gasteiger partial charge is 0.312 e. The van der Waals surface area contributed by atoms with Gasteiger partial charge in [-0.25, -0.2) is 4.79 Å². The van der Waals surface area contributed by atoms with Gasteiger partial charge in [-0.05, 0) is 30.4 Å². The van der Waals surface area contributed by atoms with Gasteiger partial charge >= 0.3 is 6.03 Å². The summed E-state index contributed by atoms with van der Waals surface area (Å²) in [5.41, 5.74) is 7.52. The molecule has 1 aromatic rings. The molecule has 3 atom stereocenters. The number of benzene rings is 1. The summed E-state index contributed by atoms with van der Waals surface area (Å²) in [6, 6.07) is 8.50. The maximum atomic E-state index is 12.6. The Morgan fingerprint density at radius 2 is 2.04 bits per heavy atom. The lowest BCUT2D eigenvalue weighted by atomic mass is 9.94. The minimum atomic E-state index is -0.970. The maximum absolute atomic E-state index is 12.6. The number of carbonyl (C=O) groups excluding carboxylic acids is 2. The molecule has 0 radical (unpaired) electrons. The van der Waals surface area contributed by atoms with Crippen molar-refractivity contribution in [3.8, 4) is 0 Å². The highest BCUT2D eigenvalue weighted by Gasteiger charge is 2.41. The second-order valence-corrected chi connectivity index (χ2v) is 6.05. The molecule has 0 saturated carbocycles. The van der Waals surface area contributed by atoms with Crippen LogP contribution >= 0.6 is 0 Å². The van der Waals surface area contributed by atoms with E-state index in [-0.39, 0.29) is 18.0 Å². The van der Waals surface area contributed by atoms with Crippen LogP contribution in [-0.4, -0.2) is 46.7 Å². The van der Waals surface area contributed by atoms with Gasteiger partial charge in [0.2, 0.25) is 5.91 Å². The third-order valence-corrected chi connectivity index (χ3v) is 4.59.